The minimum Gasteiger partial charge on any atom is -0.274 e. The number of nitrogens with one attached hydrogen (secondary N) is 2. The van der Waals surface area contributed by atoms with E-state index in [1.54, 1.807) is 30.3 Å². The van der Waals surface area contributed by atoms with Gasteiger partial charge in [0.05, 0.1) is 4.90 Å². The molecule has 0 saturated heterocycles. The maximum atomic E-state index is 12.0. The molecule has 0 unspecified atom stereocenters. The molecule has 5 nitrogen and oxygen atoms in total. The number of rotatable bonds is 5. The van der Waals surface area contributed by atoms with Crippen LogP contribution >= 0.6 is 23.2 Å². The number of hydrogen-bond donors (Lipinski definition) is 2. The van der Waals surface area contributed by atoms with Crippen LogP contribution < -0.4 is 10.3 Å². The smallest absolute Gasteiger partial charge is 0.258 e. The van der Waals surface area contributed by atoms with E-state index < -0.39 is 15.9 Å². The van der Waals surface area contributed by atoms with E-state index >= 15 is 0 Å². The SMILES string of the molecule is Cc1ccc(S(=O)(=O)NNC(=O)/C=C/c2ccc(Cl)cc2Cl)cc1. The third-order valence-electron chi connectivity index (χ3n) is 3.02. The summed E-state index contributed by atoms with van der Waals surface area (Å²) in [4.78, 5) is 13.8. The monoisotopic (exact) mass is 384 g/mol. The van der Waals surface area contributed by atoms with Crippen LogP contribution in [-0.2, 0) is 14.8 Å². The van der Waals surface area contributed by atoms with Gasteiger partial charge in [-0.2, -0.15) is 0 Å². The summed E-state index contributed by atoms with van der Waals surface area (Å²) < 4.78 is 24.1. The van der Waals surface area contributed by atoms with Gasteiger partial charge in [0.2, 0.25) is 0 Å². The quantitative estimate of drug-likeness (QED) is 0.613. The first kappa shape index (κ1) is 18.5. The molecule has 1 amide bonds. The van der Waals surface area contributed by atoms with Crippen LogP contribution in [0.15, 0.2) is 53.4 Å². The van der Waals surface area contributed by atoms with Crippen LogP contribution in [0.4, 0.5) is 0 Å². The predicted octanol–water partition coefficient (Wildman–Crippen LogP) is 3.32. The molecule has 0 aliphatic carbocycles. The molecule has 2 aromatic rings. The number of benzene rings is 2. The van der Waals surface area contributed by atoms with E-state index in [0.29, 0.717) is 15.6 Å². The molecule has 0 aliphatic heterocycles. The molecule has 0 aliphatic rings. The first-order chi connectivity index (χ1) is 11.3. The van der Waals surface area contributed by atoms with Crippen molar-refractivity contribution in [1.82, 2.24) is 10.3 Å². The van der Waals surface area contributed by atoms with Crippen LogP contribution in [0.25, 0.3) is 6.08 Å². The molecule has 126 valence electrons. The number of sulfonamides is 1. The van der Waals surface area contributed by atoms with Crippen molar-refractivity contribution in [2.45, 2.75) is 11.8 Å². The van der Waals surface area contributed by atoms with E-state index in [4.69, 9.17) is 23.2 Å². The van der Waals surface area contributed by atoms with Crippen molar-refractivity contribution in [1.29, 1.82) is 0 Å². The maximum Gasteiger partial charge on any atom is 0.258 e. The molecule has 2 rings (SSSR count). The van der Waals surface area contributed by atoms with Crippen molar-refractivity contribution in [3.05, 3.63) is 69.7 Å². The summed E-state index contributed by atoms with van der Waals surface area (Å²) in [5.41, 5.74) is 3.62. The lowest BCUT2D eigenvalue weighted by molar-refractivity contribution is -0.116. The average Bonchev–Trinajstić information content (AvgIpc) is 2.52. The van der Waals surface area contributed by atoms with Gasteiger partial charge in [0.1, 0.15) is 0 Å². The highest BCUT2D eigenvalue weighted by Crippen LogP contribution is 2.21. The third kappa shape index (κ3) is 5.07. The zero-order chi connectivity index (χ0) is 17.7. The van der Waals surface area contributed by atoms with Gasteiger partial charge in [-0.1, -0.05) is 47.0 Å². The van der Waals surface area contributed by atoms with Crippen molar-refractivity contribution in [2.24, 2.45) is 0 Å². The molecule has 0 atom stereocenters. The van der Waals surface area contributed by atoms with E-state index in [9.17, 15) is 13.2 Å². The van der Waals surface area contributed by atoms with Gasteiger partial charge in [0.25, 0.3) is 15.9 Å². The zero-order valence-corrected chi connectivity index (χ0v) is 14.9. The fourth-order valence-corrected chi connectivity index (χ4v) is 3.06. The molecule has 0 bridgehead atoms. The lowest BCUT2D eigenvalue weighted by Gasteiger charge is -2.07. The Balaban J connectivity index is 1.99. The van der Waals surface area contributed by atoms with Gasteiger partial charge in [0.15, 0.2) is 0 Å². The predicted molar refractivity (Wildman–Crippen MR) is 95.1 cm³/mol. The average molecular weight is 385 g/mol. The first-order valence-electron chi connectivity index (χ1n) is 6.79. The second-order valence-corrected chi connectivity index (χ2v) is 7.43. The Bertz CT molecular complexity index is 879. The lowest BCUT2D eigenvalue weighted by Crippen LogP contribution is -2.40. The maximum absolute atomic E-state index is 12.0. The number of hydrazine groups is 1. The van der Waals surface area contributed by atoms with Crippen LogP contribution in [0.2, 0.25) is 10.0 Å². The molecule has 0 radical (unpaired) electrons. The summed E-state index contributed by atoms with van der Waals surface area (Å²) in [6.45, 7) is 1.85. The second-order valence-electron chi connectivity index (χ2n) is 4.91. The minimum atomic E-state index is -3.83. The van der Waals surface area contributed by atoms with Crippen LogP contribution in [-0.4, -0.2) is 14.3 Å². The van der Waals surface area contributed by atoms with E-state index in [2.05, 4.69) is 5.43 Å². The van der Waals surface area contributed by atoms with Gasteiger partial charge >= 0.3 is 0 Å². The number of amides is 1. The molecule has 8 heteroatoms. The number of halogens is 2. The van der Waals surface area contributed by atoms with Crippen molar-refractivity contribution in [3.8, 4) is 0 Å². The summed E-state index contributed by atoms with van der Waals surface area (Å²) in [5, 5.41) is 0.860. The summed E-state index contributed by atoms with van der Waals surface area (Å²) in [6.07, 6.45) is 2.61. The third-order valence-corrected chi connectivity index (χ3v) is 4.84. The Morgan fingerprint density at radius 3 is 2.38 bits per heavy atom. The fourth-order valence-electron chi connectivity index (χ4n) is 1.74. The van der Waals surface area contributed by atoms with Gasteiger partial charge in [0, 0.05) is 16.1 Å². The molecule has 24 heavy (non-hydrogen) atoms. The van der Waals surface area contributed by atoms with Gasteiger partial charge in [-0.05, 0) is 42.8 Å². The highest BCUT2D eigenvalue weighted by atomic mass is 35.5. The zero-order valence-electron chi connectivity index (χ0n) is 12.6. The standard InChI is InChI=1S/C16H14Cl2N2O3S/c1-11-2-7-14(8-3-11)24(22,23)20-19-16(21)9-5-12-4-6-13(17)10-15(12)18/h2-10,20H,1H3,(H,19,21)/b9-5+. The number of aryl methyl sites for hydroxylation is 1. The highest BCUT2D eigenvalue weighted by Gasteiger charge is 2.13. The van der Waals surface area contributed by atoms with E-state index in [1.165, 1.54) is 18.2 Å². The van der Waals surface area contributed by atoms with Crippen molar-refractivity contribution >= 4 is 45.2 Å². The van der Waals surface area contributed by atoms with E-state index in [-0.39, 0.29) is 4.90 Å². The van der Waals surface area contributed by atoms with Crippen LogP contribution in [0, 0.1) is 6.92 Å². The molecule has 2 N–H and O–H groups in total. The van der Waals surface area contributed by atoms with Gasteiger partial charge in [-0.15, -0.1) is 4.83 Å². The van der Waals surface area contributed by atoms with E-state index in [1.807, 2.05) is 11.8 Å². The number of hydrogen-bond acceptors (Lipinski definition) is 3. The molecule has 2 aromatic carbocycles. The Hall–Kier alpha value is -1.86. The minimum absolute atomic E-state index is 0.0538. The second kappa shape index (κ2) is 7.81. The first-order valence-corrected chi connectivity index (χ1v) is 9.03. The van der Waals surface area contributed by atoms with Crippen LogP contribution in [0.3, 0.4) is 0 Å². The Morgan fingerprint density at radius 2 is 1.75 bits per heavy atom. The van der Waals surface area contributed by atoms with E-state index in [0.717, 1.165) is 11.6 Å². The normalized spacial score (nSPS) is 11.6. The highest BCUT2D eigenvalue weighted by molar-refractivity contribution is 7.89. The van der Waals surface area contributed by atoms with Crippen molar-refractivity contribution in [2.75, 3.05) is 0 Å². The molecular weight excluding hydrogens is 371 g/mol. The molecular formula is C16H14Cl2N2O3S. The molecule has 0 saturated carbocycles. The number of carbonyl (C=O) groups is 1. The van der Waals surface area contributed by atoms with Gasteiger partial charge in [-0.25, -0.2) is 8.42 Å². The van der Waals surface area contributed by atoms with Gasteiger partial charge in [-0.3, -0.25) is 10.2 Å². The van der Waals surface area contributed by atoms with Crippen molar-refractivity contribution in [3.63, 3.8) is 0 Å². The molecule has 0 spiro atoms. The van der Waals surface area contributed by atoms with Crippen LogP contribution in [0.1, 0.15) is 11.1 Å². The van der Waals surface area contributed by atoms with Crippen molar-refractivity contribution < 1.29 is 13.2 Å². The summed E-state index contributed by atoms with van der Waals surface area (Å²) in [6, 6.07) is 11.1. The van der Waals surface area contributed by atoms with Gasteiger partial charge < -0.3 is 0 Å². The van der Waals surface area contributed by atoms with Crippen LogP contribution in [0.5, 0.6) is 0 Å². The lowest BCUT2D eigenvalue weighted by atomic mass is 10.2. The Kier molecular flexibility index (Phi) is 6.01. The Morgan fingerprint density at radius 1 is 1.08 bits per heavy atom. The summed E-state index contributed by atoms with van der Waals surface area (Å²) in [7, 11) is -3.83. The Labute approximate surface area is 150 Å². The summed E-state index contributed by atoms with van der Waals surface area (Å²) >= 11 is 11.8. The molecule has 0 fully saturated rings. The molecule has 0 heterocycles. The topological polar surface area (TPSA) is 75.3 Å². The molecule has 0 aromatic heterocycles. The largest absolute Gasteiger partial charge is 0.274 e. The fraction of sp³-hybridized carbons (Fsp3) is 0.0625. The number of carbonyl (C=O) groups excluding carboxylic acids is 1. The summed E-state index contributed by atoms with van der Waals surface area (Å²) in [5.74, 6) is -0.642.